The summed E-state index contributed by atoms with van der Waals surface area (Å²) in [4.78, 5) is 13.9. The van der Waals surface area contributed by atoms with Crippen LogP contribution in [0.4, 0.5) is 17.1 Å². The Morgan fingerprint density at radius 3 is 2.71 bits per heavy atom. The van der Waals surface area contributed by atoms with Crippen molar-refractivity contribution in [1.29, 1.82) is 0 Å². The summed E-state index contributed by atoms with van der Waals surface area (Å²) in [5.41, 5.74) is 10.2. The van der Waals surface area contributed by atoms with Crippen molar-refractivity contribution in [3.63, 3.8) is 0 Å². The van der Waals surface area contributed by atoms with Crippen molar-refractivity contribution in [1.82, 2.24) is 0 Å². The van der Waals surface area contributed by atoms with Crippen molar-refractivity contribution in [2.75, 3.05) is 22.5 Å². The summed E-state index contributed by atoms with van der Waals surface area (Å²) in [6.07, 6.45) is 5.01. The number of carbonyl (C=O) groups excluding carboxylic acids is 1. The zero-order valence-corrected chi connectivity index (χ0v) is 13.4. The van der Waals surface area contributed by atoms with Gasteiger partial charge in [0.05, 0.1) is 11.4 Å². The third-order valence-electron chi connectivity index (χ3n) is 4.08. The molecule has 4 nitrogen and oxygen atoms in total. The number of nitrogen functional groups attached to an aromatic ring is 1. The van der Waals surface area contributed by atoms with Gasteiger partial charge in [-0.1, -0.05) is 19.8 Å². The van der Waals surface area contributed by atoms with Crippen LogP contribution in [0.3, 0.4) is 0 Å². The predicted octanol–water partition coefficient (Wildman–Crippen LogP) is 3.56. The molecule has 1 heterocycles. The second kappa shape index (κ2) is 6.83. The van der Waals surface area contributed by atoms with Crippen LogP contribution in [0.25, 0.3) is 0 Å². The van der Waals surface area contributed by atoms with Crippen molar-refractivity contribution >= 4 is 23.0 Å². The SMILES string of the molecule is CCCCCN(c1cc2c(cc1N)NC(=O)CC2)C(C)C. The molecule has 0 saturated heterocycles. The van der Waals surface area contributed by atoms with Crippen molar-refractivity contribution in [3.8, 4) is 0 Å². The molecule has 0 aromatic heterocycles. The predicted molar refractivity (Wildman–Crippen MR) is 89.8 cm³/mol. The third kappa shape index (κ3) is 3.69. The number of benzene rings is 1. The zero-order valence-electron chi connectivity index (χ0n) is 13.4. The fourth-order valence-corrected chi connectivity index (χ4v) is 2.87. The Kier molecular flexibility index (Phi) is 5.10. The normalized spacial score (nSPS) is 14.0. The van der Waals surface area contributed by atoms with Crippen molar-refractivity contribution < 1.29 is 4.79 Å². The van der Waals surface area contributed by atoms with Crippen LogP contribution in [0.15, 0.2) is 12.1 Å². The monoisotopic (exact) mass is 289 g/mol. The molecule has 0 atom stereocenters. The third-order valence-corrected chi connectivity index (χ3v) is 4.08. The summed E-state index contributed by atoms with van der Waals surface area (Å²) in [5, 5.41) is 2.91. The number of nitrogens with zero attached hydrogens (tertiary/aromatic N) is 1. The lowest BCUT2D eigenvalue weighted by Gasteiger charge is -2.32. The van der Waals surface area contributed by atoms with E-state index in [9.17, 15) is 4.79 Å². The first-order valence-electron chi connectivity index (χ1n) is 8.01. The molecule has 0 saturated carbocycles. The fourth-order valence-electron chi connectivity index (χ4n) is 2.87. The molecule has 1 aliphatic rings. The van der Waals surface area contributed by atoms with E-state index < -0.39 is 0 Å². The van der Waals surface area contributed by atoms with Crippen LogP contribution in [0, 0.1) is 0 Å². The number of hydrogen-bond acceptors (Lipinski definition) is 3. The van der Waals surface area contributed by atoms with Gasteiger partial charge in [0.1, 0.15) is 0 Å². The Balaban J connectivity index is 2.26. The Morgan fingerprint density at radius 1 is 1.29 bits per heavy atom. The molecule has 1 aromatic carbocycles. The molecule has 2 rings (SSSR count). The quantitative estimate of drug-likeness (QED) is 0.622. The molecule has 0 bridgehead atoms. The maximum atomic E-state index is 11.5. The molecule has 0 unspecified atom stereocenters. The maximum absolute atomic E-state index is 11.5. The van der Waals surface area contributed by atoms with Crippen molar-refractivity contribution in [2.45, 2.75) is 58.9 Å². The van der Waals surface area contributed by atoms with Gasteiger partial charge in [-0.05, 0) is 44.4 Å². The number of rotatable bonds is 6. The highest BCUT2D eigenvalue weighted by molar-refractivity contribution is 5.95. The molecule has 1 amide bonds. The van der Waals surface area contributed by atoms with E-state index >= 15 is 0 Å². The lowest BCUT2D eigenvalue weighted by molar-refractivity contribution is -0.116. The number of hydrogen-bond donors (Lipinski definition) is 2. The number of anilines is 3. The highest BCUT2D eigenvalue weighted by atomic mass is 16.1. The van der Waals surface area contributed by atoms with Gasteiger partial charge in [0, 0.05) is 24.7 Å². The zero-order chi connectivity index (χ0) is 15.4. The molecular weight excluding hydrogens is 262 g/mol. The second-order valence-corrected chi connectivity index (χ2v) is 6.11. The van der Waals surface area contributed by atoms with Crippen LogP contribution in [0.5, 0.6) is 0 Å². The van der Waals surface area contributed by atoms with Crippen LogP contribution in [-0.4, -0.2) is 18.5 Å². The molecule has 0 spiro atoms. The van der Waals surface area contributed by atoms with Crippen LogP contribution in [0.1, 0.15) is 52.0 Å². The largest absolute Gasteiger partial charge is 0.397 e. The lowest BCUT2D eigenvalue weighted by Crippen LogP contribution is -2.33. The molecule has 0 aliphatic carbocycles. The summed E-state index contributed by atoms with van der Waals surface area (Å²) in [7, 11) is 0. The highest BCUT2D eigenvalue weighted by Gasteiger charge is 2.20. The molecule has 4 heteroatoms. The van der Waals surface area contributed by atoms with Gasteiger partial charge in [-0.2, -0.15) is 0 Å². The highest BCUT2D eigenvalue weighted by Crippen LogP contribution is 2.34. The Hall–Kier alpha value is -1.71. The van der Waals surface area contributed by atoms with E-state index in [2.05, 4.69) is 37.1 Å². The average molecular weight is 289 g/mol. The van der Waals surface area contributed by atoms with Crippen LogP contribution < -0.4 is 16.0 Å². The summed E-state index contributed by atoms with van der Waals surface area (Å²) in [5.74, 6) is 0.0818. The molecule has 1 aromatic rings. The van der Waals surface area contributed by atoms with Gasteiger partial charge in [-0.3, -0.25) is 4.79 Å². The van der Waals surface area contributed by atoms with Gasteiger partial charge in [0.2, 0.25) is 5.91 Å². The number of fused-ring (bicyclic) bond motifs is 1. The first-order chi connectivity index (χ1) is 10.0. The van der Waals surface area contributed by atoms with Crippen LogP contribution >= 0.6 is 0 Å². The van der Waals surface area contributed by atoms with Crippen molar-refractivity contribution in [3.05, 3.63) is 17.7 Å². The number of aryl methyl sites for hydroxylation is 1. The number of unbranched alkanes of at least 4 members (excludes halogenated alkanes) is 2. The molecule has 0 fully saturated rings. The van der Waals surface area contributed by atoms with Crippen LogP contribution in [-0.2, 0) is 11.2 Å². The van der Waals surface area contributed by atoms with E-state index in [1.54, 1.807) is 0 Å². The summed E-state index contributed by atoms with van der Waals surface area (Å²) in [6, 6.07) is 4.49. The number of amides is 1. The minimum atomic E-state index is 0.0818. The summed E-state index contributed by atoms with van der Waals surface area (Å²) < 4.78 is 0. The van der Waals surface area contributed by atoms with Crippen molar-refractivity contribution in [2.24, 2.45) is 0 Å². The standard InChI is InChI=1S/C17H27N3O/c1-4-5-6-9-20(12(2)3)16-10-13-7-8-17(21)19-15(13)11-14(16)18/h10-12H,4-9,18H2,1-3H3,(H,19,21). The van der Waals surface area contributed by atoms with Gasteiger partial charge < -0.3 is 16.0 Å². The summed E-state index contributed by atoms with van der Waals surface area (Å²) in [6.45, 7) is 7.65. The van der Waals surface area contributed by atoms with Gasteiger partial charge >= 0.3 is 0 Å². The Bertz CT molecular complexity index is 511. The van der Waals surface area contributed by atoms with E-state index in [4.69, 9.17) is 5.73 Å². The average Bonchev–Trinajstić information content (AvgIpc) is 2.43. The van der Waals surface area contributed by atoms with Gasteiger partial charge in [0.25, 0.3) is 0 Å². The number of carbonyl (C=O) groups is 1. The molecular formula is C17H27N3O. The number of nitrogens with one attached hydrogen (secondary N) is 1. The molecule has 21 heavy (non-hydrogen) atoms. The topological polar surface area (TPSA) is 58.4 Å². The molecule has 116 valence electrons. The van der Waals surface area contributed by atoms with E-state index in [-0.39, 0.29) is 5.91 Å². The van der Waals surface area contributed by atoms with Gasteiger partial charge in [0.15, 0.2) is 0 Å². The smallest absolute Gasteiger partial charge is 0.224 e. The second-order valence-electron chi connectivity index (χ2n) is 6.11. The molecule has 0 radical (unpaired) electrons. The minimum Gasteiger partial charge on any atom is -0.397 e. The fraction of sp³-hybridized carbons (Fsp3) is 0.588. The van der Waals surface area contributed by atoms with Gasteiger partial charge in [-0.25, -0.2) is 0 Å². The first-order valence-corrected chi connectivity index (χ1v) is 8.01. The number of nitrogens with two attached hydrogens (primary N) is 1. The maximum Gasteiger partial charge on any atom is 0.224 e. The summed E-state index contributed by atoms with van der Waals surface area (Å²) >= 11 is 0. The lowest BCUT2D eigenvalue weighted by atomic mass is 10.0. The van der Waals surface area contributed by atoms with E-state index in [0.717, 1.165) is 30.0 Å². The Morgan fingerprint density at radius 2 is 2.05 bits per heavy atom. The van der Waals surface area contributed by atoms with Gasteiger partial charge in [-0.15, -0.1) is 0 Å². The van der Waals surface area contributed by atoms with Crippen LogP contribution in [0.2, 0.25) is 0 Å². The van der Waals surface area contributed by atoms with E-state index in [1.165, 1.54) is 24.8 Å². The molecule has 3 N–H and O–H groups in total. The van der Waals surface area contributed by atoms with E-state index in [0.29, 0.717) is 12.5 Å². The Labute approximate surface area is 127 Å². The van der Waals surface area contributed by atoms with E-state index in [1.807, 2.05) is 6.07 Å². The minimum absolute atomic E-state index is 0.0818. The first kappa shape index (κ1) is 15.7. The molecule has 1 aliphatic heterocycles.